The number of ketones is 1. The number of hydrogen-bond donors (Lipinski definition) is 0. The number of hydrogen-bond acceptors (Lipinski definition) is 4. The summed E-state index contributed by atoms with van der Waals surface area (Å²) in [7, 11) is 0. The first-order chi connectivity index (χ1) is 13.9. The Bertz CT molecular complexity index is 1080. The van der Waals surface area contributed by atoms with Crippen LogP contribution in [0.1, 0.15) is 42.7 Å². The molecule has 0 bridgehead atoms. The van der Waals surface area contributed by atoms with Crippen molar-refractivity contribution in [3.63, 3.8) is 0 Å². The van der Waals surface area contributed by atoms with Crippen LogP contribution in [0.25, 0.3) is 0 Å². The number of carbonyl (C=O) groups excluding carboxylic acids is 2. The summed E-state index contributed by atoms with van der Waals surface area (Å²) in [6.45, 7) is 1.77. The lowest BCUT2D eigenvalue weighted by Crippen LogP contribution is -2.41. The number of halogens is 1. The van der Waals surface area contributed by atoms with E-state index in [-0.39, 0.29) is 23.8 Å². The fourth-order valence-electron chi connectivity index (χ4n) is 4.23. The number of nitro groups is 1. The minimum atomic E-state index is -0.506. The maximum Gasteiger partial charge on any atom is 0.271 e. The van der Waals surface area contributed by atoms with Gasteiger partial charge in [-0.25, -0.2) is 4.39 Å². The van der Waals surface area contributed by atoms with Crippen LogP contribution in [0.4, 0.5) is 15.8 Å². The summed E-state index contributed by atoms with van der Waals surface area (Å²) in [6, 6.07) is 10.3. The Morgan fingerprint density at radius 3 is 2.66 bits per heavy atom. The molecule has 0 spiro atoms. The lowest BCUT2D eigenvalue weighted by molar-refractivity contribution is -0.384. The number of nitro benzene ring substituents is 1. The van der Waals surface area contributed by atoms with E-state index in [9.17, 15) is 24.1 Å². The van der Waals surface area contributed by atoms with E-state index in [2.05, 4.69) is 0 Å². The highest BCUT2D eigenvalue weighted by molar-refractivity contribution is 6.07. The molecule has 1 aliphatic carbocycles. The molecule has 1 heterocycles. The standard InChI is InChI=1S/C22H19FN2O4/c1-13-8-9-16(25(28)29)11-19(13)24-18-6-3-7-20(26)22(18)17(12-21(24)27)14-4-2-5-15(23)10-14/h2,4-5,8-11,17H,3,6-7,12H2,1H3. The summed E-state index contributed by atoms with van der Waals surface area (Å²) in [5.74, 6) is -1.23. The van der Waals surface area contributed by atoms with Crippen molar-refractivity contribution in [2.75, 3.05) is 4.90 Å². The van der Waals surface area contributed by atoms with E-state index < -0.39 is 16.7 Å². The van der Waals surface area contributed by atoms with Gasteiger partial charge in [-0.05, 0) is 43.0 Å². The van der Waals surface area contributed by atoms with Gasteiger partial charge in [0, 0.05) is 42.2 Å². The van der Waals surface area contributed by atoms with Crippen molar-refractivity contribution in [3.05, 3.63) is 80.8 Å². The van der Waals surface area contributed by atoms with Crippen molar-refractivity contribution in [1.29, 1.82) is 0 Å². The summed E-state index contributed by atoms with van der Waals surface area (Å²) < 4.78 is 13.8. The second-order valence-electron chi connectivity index (χ2n) is 7.41. The van der Waals surface area contributed by atoms with Crippen molar-refractivity contribution >= 4 is 23.1 Å². The van der Waals surface area contributed by atoms with Crippen LogP contribution in [0, 0.1) is 22.9 Å². The molecular weight excluding hydrogens is 375 g/mol. The number of allylic oxidation sites excluding steroid dienone is 2. The highest BCUT2D eigenvalue weighted by Crippen LogP contribution is 2.44. The molecular formula is C22H19FN2O4. The van der Waals surface area contributed by atoms with Crippen molar-refractivity contribution < 1.29 is 18.9 Å². The van der Waals surface area contributed by atoms with Crippen LogP contribution in [0.5, 0.6) is 0 Å². The van der Waals surface area contributed by atoms with E-state index in [1.807, 2.05) is 0 Å². The molecule has 148 valence electrons. The Morgan fingerprint density at radius 2 is 1.93 bits per heavy atom. The fourth-order valence-corrected chi connectivity index (χ4v) is 4.23. The summed E-state index contributed by atoms with van der Waals surface area (Å²) in [4.78, 5) is 38.2. The molecule has 1 aliphatic heterocycles. The minimum Gasteiger partial charge on any atom is -0.294 e. The van der Waals surface area contributed by atoms with Gasteiger partial charge in [0.15, 0.2) is 5.78 Å². The summed E-state index contributed by atoms with van der Waals surface area (Å²) in [5, 5.41) is 11.2. The van der Waals surface area contributed by atoms with Gasteiger partial charge < -0.3 is 0 Å². The topological polar surface area (TPSA) is 80.5 Å². The number of rotatable bonds is 3. The lowest BCUT2D eigenvalue weighted by atomic mass is 9.77. The summed E-state index contributed by atoms with van der Waals surface area (Å²) >= 11 is 0. The maximum absolute atomic E-state index is 13.8. The number of non-ortho nitro benzene ring substituents is 1. The van der Waals surface area contributed by atoms with Gasteiger partial charge >= 0.3 is 0 Å². The van der Waals surface area contributed by atoms with Crippen LogP contribution < -0.4 is 4.90 Å². The third-order valence-electron chi connectivity index (χ3n) is 5.57. The normalized spacial score (nSPS) is 19.4. The molecule has 0 saturated carbocycles. The third kappa shape index (κ3) is 3.33. The maximum atomic E-state index is 13.8. The Morgan fingerprint density at radius 1 is 1.14 bits per heavy atom. The molecule has 2 aliphatic rings. The molecule has 4 rings (SSSR count). The van der Waals surface area contributed by atoms with Crippen LogP contribution in [0.15, 0.2) is 53.7 Å². The summed E-state index contributed by atoms with van der Waals surface area (Å²) in [6.07, 6.45) is 1.50. The molecule has 0 fully saturated rings. The Kier molecular flexibility index (Phi) is 4.74. The van der Waals surface area contributed by atoms with Gasteiger partial charge in [-0.3, -0.25) is 24.6 Å². The monoisotopic (exact) mass is 394 g/mol. The zero-order valence-electron chi connectivity index (χ0n) is 15.9. The van der Waals surface area contributed by atoms with Crippen LogP contribution >= 0.6 is 0 Å². The molecule has 1 unspecified atom stereocenters. The molecule has 0 radical (unpaired) electrons. The molecule has 7 heteroatoms. The zero-order valence-corrected chi connectivity index (χ0v) is 15.9. The van der Waals surface area contributed by atoms with Crippen LogP contribution in [0.2, 0.25) is 0 Å². The molecule has 0 aromatic heterocycles. The fraction of sp³-hybridized carbons (Fsp3) is 0.273. The average Bonchev–Trinajstić information content (AvgIpc) is 2.68. The van der Waals surface area contributed by atoms with Gasteiger partial charge in [0.05, 0.1) is 10.6 Å². The third-order valence-corrected chi connectivity index (χ3v) is 5.57. The van der Waals surface area contributed by atoms with Crippen molar-refractivity contribution in [2.24, 2.45) is 0 Å². The Hall–Kier alpha value is -3.35. The van der Waals surface area contributed by atoms with Crippen LogP contribution in [-0.2, 0) is 9.59 Å². The number of anilines is 1. The number of benzene rings is 2. The molecule has 1 atom stereocenters. The van der Waals surface area contributed by atoms with Crippen LogP contribution in [-0.4, -0.2) is 16.6 Å². The highest BCUT2D eigenvalue weighted by Gasteiger charge is 2.40. The van der Waals surface area contributed by atoms with E-state index in [1.54, 1.807) is 25.1 Å². The SMILES string of the molecule is Cc1ccc([N+](=O)[O-])cc1N1C(=O)CC(c2cccc(F)c2)C2=C1CCCC2=O. The van der Waals surface area contributed by atoms with E-state index in [0.717, 1.165) is 0 Å². The number of nitrogens with zero attached hydrogens (tertiary/aromatic N) is 2. The molecule has 2 aromatic carbocycles. The van der Waals surface area contributed by atoms with Gasteiger partial charge in [-0.1, -0.05) is 18.2 Å². The molecule has 0 N–H and O–H groups in total. The number of Topliss-reactive ketones (excluding diaryl/α,β-unsaturated/α-hetero) is 1. The van der Waals surface area contributed by atoms with Gasteiger partial charge in [-0.2, -0.15) is 0 Å². The second kappa shape index (κ2) is 7.24. The van der Waals surface area contributed by atoms with Crippen LogP contribution in [0.3, 0.4) is 0 Å². The molecule has 2 aromatic rings. The van der Waals surface area contributed by atoms with Crippen molar-refractivity contribution in [1.82, 2.24) is 0 Å². The van der Waals surface area contributed by atoms with Gasteiger partial charge in [0.1, 0.15) is 5.82 Å². The quantitative estimate of drug-likeness (QED) is 0.564. The molecule has 29 heavy (non-hydrogen) atoms. The van der Waals surface area contributed by atoms with Crippen molar-refractivity contribution in [2.45, 2.75) is 38.5 Å². The average molecular weight is 394 g/mol. The predicted octanol–water partition coefficient (Wildman–Crippen LogP) is 4.57. The van der Waals surface area contributed by atoms with Gasteiger partial charge in [-0.15, -0.1) is 0 Å². The van der Waals surface area contributed by atoms with E-state index in [4.69, 9.17) is 0 Å². The first-order valence-electron chi connectivity index (χ1n) is 9.46. The Balaban J connectivity index is 1.89. The smallest absolute Gasteiger partial charge is 0.271 e. The van der Waals surface area contributed by atoms with Gasteiger partial charge in [0.25, 0.3) is 5.69 Å². The first-order valence-corrected chi connectivity index (χ1v) is 9.46. The molecule has 0 saturated heterocycles. The van der Waals surface area contributed by atoms with E-state index in [0.29, 0.717) is 47.3 Å². The lowest BCUT2D eigenvalue weighted by Gasteiger charge is -2.38. The zero-order chi connectivity index (χ0) is 20.7. The minimum absolute atomic E-state index is 0.0101. The number of amides is 1. The highest BCUT2D eigenvalue weighted by atomic mass is 19.1. The first kappa shape index (κ1) is 19.0. The van der Waals surface area contributed by atoms with Crippen molar-refractivity contribution in [3.8, 4) is 0 Å². The van der Waals surface area contributed by atoms with E-state index in [1.165, 1.54) is 29.2 Å². The number of aryl methyl sites for hydroxylation is 1. The van der Waals surface area contributed by atoms with E-state index >= 15 is 0 Å². The summed E-state index contributed by atoms with van der Waals surface area (Å²) in [5.41, 5.74) is 2.70. The second-order valence-corrected chi connectivity index (χ2v) is 7.41. The van der Waals surface area contributed by atoms with Gasteiger partial charge in [0.2, 0.25) is 5.91 Å². The predicted molar refractivity (Wildman–Crippen MR) is 105 cm³/mol. The molecule has 6 nitrogen and oxygen atoms in total. The molecule has 1 amide bonds. The Labute approximate surface area is 166 Å². The largest absolute Gasteiger partial charge is 0.294 e. The number of carbonyl (C=O) groups is 2.